The highest BCUT2D eigenvalue weighted by Crippen LogP contribution is 2.32. The molecular formula is C41H45ClO7. The topological polar surface area (TPSA) is 88.1 Å². The molecule has 8 heteroatoms. The standard InChI is InChI=1S/C41H45ClO7/c1-5-7-8-9-10-25-46-36-22-19-31(20-23-36)30-11-15-34(16-12-30)41(45)49-38-24-21-35(26-37(38)42)32-13-17-33(18-14-32)40(44)48-29(4)39(43)47-27-28(3)6-2/h11-24,26,28-29H,5-10,25,27H2,1-4H3. The molecule has 0 bridgehead atoms. The van der Waals surface area contributed by atoms with Gasteiger partial charge in [-0.2, -0.15) is 0 Å². The Hall–Kier alpha value is -4.62. The van der Waals surface area contributed by atoms with Crippen LogP contribution in [0.4, 0.5) is 0 Å². The van der Waals surface area contributed by atoms with E-state index in [9.17, 15) is 14.4 Å². The van der Waals surface area contributed by atoms with Gasteiger partial charge in [-0.15, -0.1) is 0 Å². The van der Waals surface area contributed by atoms with Crippen molar-refractivity contribution in [3.8, 4) is 33.8 Å². The zero-order chi connectivity index (χ0) is 35.2. The van der Waals surface area contributed by atoms with Crippen LogP contribution < -0.4 is 9.47 Å². The highest BCUT2D eigenvalue weighted by atomic mass is 35.5. The van der Waals surface area contributed by atoms with Gasteiger partial charge in [0.25, 0.3) is 0 Å². The zero-order valence-electron chi connectivity index (χ0n) is 28.7. The molecule has 2 atom stereocenters. The number of carbonyl (C=O) groups is 3. The first kappa shape index (κ1) is 37.2. The van der Waals surface area contributed by atoms with E-state index in [0.29, 0.717) is 11.1 Å². The molecule has 2 unspecified atom stereocenters. The quantitative estimate of drug-likeness (QED) is 0.0621. The van der Waals surface area contributed by atoms with E-state index in [4.69, 9.17) is 30.5 Å². The van der Waals surface area contributed by atoms with Crippen LogP contribution in [0, 0.1) is 5.92 Å². The first-order valence-electron chi connectivity index (χ1n) is 17.0. The van der Waals surface area contributed by atoms with Gasteiger partial charge < -0.3 is 18.9 Å². The average Bonchev–Trinajstić information content (AvgIpc) is 3.13. The summed E-state index contributed by atoms with van der Waals surface area (Å²) in [6.07, 6.45) is 5.87. The lowest BCUT2D eigenvalue weighted by Crippen LogP contribution is -2.27. The third-order valence-electron chi connectivity index (χ3n) is 8.24. The Kier molecular flexibility index (Phi) is 14.3. The molecule has 4 aromatic rings. The second kappa shape index (κ2) is 18.8. The predicted molar refractivity (Wildman–Crippen MR) is 193 cm³/mol. The van der Waals surface area contributed by atoms with E-state index in [2.05, 4.69) is 6.92 Å². The number of hydrogen-bond acceptors (Lipinski definition) is 7. The molecule has 258 valence electrons. The first-order chi connectivity index (χ1) is 23.7. The van der Waals surface area contributed by atoms with Crippen LogP contribution in [0.15, 0.2) is 91.0 Å². The summed E-state index contributed by atoms with van der Waals surface area (Å²) in [5, 5.41) is 0.263. The molecule has 0 spiro atoms. The number of halogens is 1. The van der Waals surface area contributed by atoms with E-state index in [0.717, 1.165) is 47.5 Å². The molecule has 49 heavy (non-hydrogen) atoms. The van der Waals surface area contributed by atoms with Crippen molar-refractivity contribution in [1.82, 2.24) is 0 Å². The van der Waals surface area contributed by atoms with Crippen LogP contribution in [0.3, 0.4) is 0 Å². The molecule has 0 aliphatic rings. The molecule has 4 rings (SSSR count). The van der Waals surface area contributed by atoms with E-state index in [1.165, 1.54) is 32.6 Å². The third-order valence-corrected chi connectivity index (χ3v) is 8.53. The molecule has 0 N–H and O–H groups in total. The van der Waals surface area contributed by atoms with Crippen molar-refractivity contribution in [2.75, 3.05) is 13.2 Å². The van der Waals surface area contributed by atoms with Gasteiger partial charge in [0.05, 0.1) is 29.4 Å². The molecule has 0 radical (unpaired) electrons. The maximum atomic E-state index is 12.9. The van der Waals surface area contributed by atoms with Gasteiger partial charge in [0.1, 0.15) is 11.5 Å². The van der Waals surface area contributed by atoms with Crippen LogP contribution in [-0.2, 0) is 14.3 Å². The highest BCUT2D eigenvalue weighted by molar-refractivity contribution is 6.32. The SMILES string of the molecule is CCCCCCCOc1ccc(-c2ccc(C(=O)Oc3ccc(-c4ccc(C(=O)OC(C)C(=O)OCC(C)CC)cc4)cc3Cl)cc2)cc1. The van der Waals surface area contributed by atoms with Crippen molar-refractivity contribution in [3.63, 3.8) is 0 Å². The maximum absolute atomic E-state index is 12.9. The number of rotatable bonds is 17. The van der Waals surface area contributed by atoms with Crippen molar-refractivity contribution in [2.45, 2.75) is 72.3 Å². The normalized spacial score (nSPS) is 12.1. The molecule has 4 aromatic carbocycles. The minimum Gasteiger partial charge on any atom is -0.494 e. The third kappa shape index (κ3) is 11.2. The molecule has 0 aliphatic heterocycles. The van der Waals surface area contributed by atoms with Gasteiger partial charge in [-0.25, -0.2) is 14.4 Å². The van der Waals surface area contributed by atoms with E-state index in [1.54, 1.807) is 54.6 Å². The minimum absolute atomic E-state index is 0.231. The lowest BCUT2D eigenvalue weighted by atomic mass is 10.0. The maximum Gasteiger partial charge on any atom is 0.347 e. The van der Waals surface area contributed by atoms with Crippen LogP contribution in [0.25, 0.3) is 22.3 Å². The summed E-state index contributed by atoms with van der Waals surface area (Å²) in [5.74, 6) is -0.412. The van der Waals surface area contributed by atoms with Gasteiger partial charge in [0, 0.05) is 0 Å². The monoisotopic (exact) mass is 684 g/mol. The fourth-order valence-corrected chi connectivity index (χ4v) is 5.11. The van der Waals surface area contributed by atoms with Gasteiger partial charge >= 0.3 is 17.9 Å². The molecule has 0 saturated heterocycles. The average molecular weight is 685 g/mol. The second-order valence-corrected chi connectivity index (χ2v) is 12.6. The largest absolute Gasteiger partial charge is 0.494 e. The van der Waals surface area contributed by atoms with Crippen LogP contribution >= 0.6 is 11.6 Å². The van der Waals surface area contributed by atoms with Crippen LogP contribution in [-0.4, -0.2) is 37.2 Å². The Morgan fingerprint density at radius 2 is 1.22 bits per heavy atom. The number of hydrogen-bond donors (Lipinski definition) is 0. The zero-order valence-corrected chi connectivity index (χ0v) is 29.5. The Labute approximate surface area is 294 Å². The molecule has 0 aromatic heterocycles. The molecule has 0 saturated carbocycles. The van der Waals surface area contributed by atoms with Gasteiger partial charge in [0.2, 0.25) is 0 Å². The smallest absolute Gasteiger partial charge is 0.347 e. The molecule has 0 aliphatic carbocycles. The molecule has 0 fully saturated rings. The minimum atomic E-state index is -1.02. The van der Waals surface area contributed by atoms with Crippen molar-refractivity contribution >= 4 is 29.5 Å². The van der Waals surface area contributed by atoms with E-state index in [1.807, 2.05) is 50.2 Å². The summed E-state index contributed by atoms with van der Waals surface area (Å²) >= 11 is 6.51. The van der Waals surface area contributed by atoms with E-state index in [-0.39, 0.29) is 23.3 Å². The lowest BCUT2D eigenvalue weighted by Gasteiger charge is -2.15. The van der Waals surface area contributed by atoms with E-state index >= 15 is 0 Å². The number of esters is 3. The fourth-order valence-electron chi connectivity index (χ4n) is 4.90. The summed E-state index contributed by atoms with van der Waals surface area (Å²) in [6, 6.07) is 27.0. The first-order valence-corrected chi connectivity index (χ1v) is 17.4. The molecule has 7 nitrogen and oxygen atoms in total. The summed E-state index contributed by atoms with van der Waals surface area (Å²) in [6.45, 7) is 8.69. The van der Waals surface area contributed by atoms with Gasteiger partial charge in [-0.3, -0.25) is 0 Å². The molecule has 0 heterocycles. The molecule has 0 amide bonds. The van der Waals surface area contributed by atoms with E-state index < -0.39 is 24.0 Å². The van der Waals surface area contributed by atoms with Gasteiger partial charge in [-0.05, 0) is 90.0 Å². The molecular weight excluding hydrogens is 640 g/mol. The Balaban J connectivity index is 1.29. The van der Waals surface area contributed by atoms with Crippen molar-refractivity contribution in [1.29, 1.82) is 0 Å². The highest BCUT2D eigenvalue weighted by Gasteiger charge is 2.21. The van der Waals surface area contributed by atoms with Crippen LogP contribution in [0.1, 0.15) is 86.9 Å². The van der Waals surface area contributed by atoms with Crippen LogP contribution in [0.2, 0.25) is 5.02 Å². The van der Waals surface area contributed by atoms with Crippen molar-refractivity contribution in [3.05, 3.63) is 107 Å². The van der Waals surface area contributed by atoms with Gasteiger partial charge in [-0.1, -0.05) is 107 Å². The summed E-state index contributed by atoms with van der Waals surface area (Å²) in [5.41, 5.74) is 4.23. The summed E-state index contributed by atoms with van der Waals surface area (Å²) < 4.78 is 22.0. The number of ether oxygens (including phenoxy) is 4. The second-order valence-electron chi connectivity index (χ2n) is 12.2. The number of unbranched alkanes of at least 4 members (excludes halogenated alkanes) is 4. The van der Waals surface area contributed by atoms with Crippen molar-refractivity contribution in [2.24, 2.45) is 5.92 Å². The number of benzene rings is 4. The summed E-state index contributed by atoms with van der Waals surface area (Å²) in [7, 11) is 0. The Bertz CT molecular complexity index is 1660. The lowest BCUT2D eigenvalue weighted by molar-refractivity contribution is -0.154. The van der Waals surface area contributed by atoms with Crippen LogP contribution in [0.5, 0.6) is 11.5 Å². The fraction of sp³-hybridized carbons (Fsp3) is 0.341. The Morgan fingerprint density at radius 3 is 1.82 bits per heavy atom. The predicted octanol–water partition coefficient (Wildman–Crippen LogP) is 10.4. The number of carbonyl (C=O) groups excluding carboxylic acids is 3. The van der Waals surface area contributed by atoms with Crippen molar-refractivity contribution < 1.29 is 33.3 Å². The summed E-state index contributed by atoms with van der Waals surface area (Å²) in [4.78, 5) is 37.7. The van der Waals surface area contributed by atoms with Gasteiger partial charge in [0.15, 0.2) is 6.10 Å². The Morgan fingerprint density at radius 1 is 0.673 bits per heavy atom.